The first-order valence-corrected chi connectivity index (χ1v) is 7.09. The van der Waals surface area contributed by atoms with Gasteiger partial charge >= 0.3 is 0 Å². The van der Waals surface area contributed by atoms with Gasteiger partial charge in [-0.3, -0.25) is 9.89 Å². The highest BCUT2D eigenvalue weighted by molar-refractivity contribution is 7.99. The molecule has 3 N–H and O–H groups in total. The average Bonchev–Trinajstić information content (AvgIpc) is 2.79. The smallest absolute Gasteiger partial charge is 0.272 e. The zero-order chi connectivity index (χ0) is 12.3. The number of aromatic nitrogens is 2. The van der Waals surface area contributed by atoms with Gasteiger partial charge < -0.3 is 10.6 Å². The SMILES string of the molecule is CSC(C)CNC(=O)c1n[nH]c2c1CNCC2. The van der Waals surface area contributed by atoms with Crippen LogP contribution in [-0.4, -0.2) is 40.7 Å². The number of hydrogen-bond donors (Lipinski definition) is 3. The number of nitrogens with one attached hydrogen (secondary N) is 3. The van der Waals surface area contributed by atoms with E-state index in [1.54, 1.807) is 11.8 Å². The fourth-order valence-electron chi connectivity index (χ4n) is 1.82. The number of H-pyrrole nitrogens is 1. The number of thioether (sulfide) groups is 1. The summed E-state index contributed by atoms with van der Waals surface area (Å²) in [6.45, 7) is 4.44. The molecule has 6 heteroatoms. The van der Waals surface area contributed by atoms with Gasteiger partial charge in [0.15, 0.2) is 5.69 Å². The van der Waals surface area contributed by atoms with Crippen LogP contribution in [0.5, 0.6) is 0 Å². The number of fused-ring (bicyclic) bond motifs is 1. The minimum atomic E-state index is -0.0768. The third-order valence-electron chi connectivity index (χ3n) is 2.97. The number of hydrogen-bond acceptors (Lipinski definition) is 4. The van der Waals surface area contributed by atoms with Gasteiger partial charge in [-0.15, -0.1) is 0 Å². The zero-order valence-electron chi connectivity index (χ0n) is 10.2. The van der Waals surface area contributed by atoms with Crippen LogP contribution < -0.4 is 10.6 Å². The predicted octanol–water partition coefficient (Wildman–Crippen LogP) is 0.537. The maximum absolute atomic E-state index is 12.0. The summed E-state index contributed by atoms with van der Waals surface area (Å²) in [6.07, 6.45) is 2.95. The molecule has 0 fully saturated rings. The number of amides is 1. The van der Waals surface area contributed by atoms with E-state index in [0.29, 0.717) is 17.5 Å². The summed E-state index contributed by atoms with van der Waals surface area (Å²) < 4.78 is 0. The molecule has 1 amide bonds. The predicted molar refractivity (Wildman–Crippen MR) is 69.3 cm³/mol. The highest BCUT2D eigenvalue weighted by atomic mass is 32.2. The van der Waals surface area contributed by atoms with Crippen molar-refractivity contribution in [1.29, 1.82) is 0 Å². The van der Waals surface area contributed by atoms with E-state index in [1.165, 1.54) is 0 Å². The Morgan fingerprint density at radius 3 is 3.24 bits per heavy atom. The summed E-state index contributed by atoms with van der Waals surface area (Å²) in [6, 6.07) is 0. The molecule has 0 saturated carbocycles. The number of nitrogens with zero attached hydrogens (tertiary/aromatic N) is 1. The van der Waals surface area contributed by atoms with Crippen molar-refractivity contribution in [2.75, 3.05) is 19.3 Å². The Labute approximate surface area is 105 Å². The Morgan fingerprint density at radius 1 is 1.65 bits per heavy atom. The Hall–Kier alpha value is -1.01. The van der Waals surface area contributed by atoms with Gasteiger partial charge in [0.1, 0.15) is 0 Å². The second-order valence-corrected chi connectivity index (χ2v) is 5.49. The van der Waals surface area contributed by atoms with E-state index in [1.807, 2.05) is 6.26 Å². The second-order valence-electron chi connectivity index (χ2n) is 4.21. The molecule has 0 aliphatic carbocycles. The summed E-state index contributed by atoms with van der Waals surface area (Å²) >= 11 is 1.74. The Balaban J connectivity index is 2.02. The zero-order valence-corrected chi connectivity index (χ0v) is 11.0. The fraction of sp³-hybridized carbons (Fsp3) is 0.636. The van der Waals surface area contributed by atoms with Crippen molar-refractivity contribution < 1.29 is 4.79 Å². The molecule has 0 radical (unpaired) electrons. The standard InChI is InChI=1S/C11H18N4OS/c1-7(17-2)5-13-11(16)10-8-6-12-4-3-9(8)14-15-10/h7,12H,3-6H2,1-2H3,(H,13,16)(H,14,15). The van der Waals surface area contributed by atoms with Gasteiger partial charge in [-0.25, -0.2) is 0 Å². The van der Waals surface area contributed by atoms with E-state index >= 15 is 0 Å². The quantitative estimate of drug-likeness (QED) is 0.733. The van der Waals surface area contributed by atoms with Crippen molar-refractivity contribution in [3.63, 3.8) is 0 Å². The summed E-state index contributed by atoms with van der Waals surface area (Å²) in [5.41, 5.74) is 2.65. The summed E-state index contributed by atoms with van der Waals surface area (Å²) in [5.74, 6) is -0.0768. The van der Waals surface area contributed by atoms with Crippen LogP contribution in [0.4, 0.5) is 0 Å². The average molecular weight is 254 g/mol. The minimum Gasteiger partial charge on any atom is -0.350 e. The second kappa shape index (κ2) is 5.55. The molecular weight excluding hydrogens is 236 g/mol. The largest absolute Gasteiger partial charge is 0.350 e. The monoisotopic (exact) mass is 254 g/mol. The molecule has 1 aromatic heterocycles. The van der Waals surface area contributed by atoms with Crippen LogP contribution in [0.15, 0.2) is 0 Å². The molecular formula is C11H18N4OS. The molecule has 1 atom stereocenters. The van der Waals surface area contributed by atoms with E-state index in [2.05, 4.69) is 27.8 Å². The van der Waals surface area contributed by atoms with Crippen LogP contribution in [0.1, 0.15) is 28.7 Å². The molecule has 0 bridgehead atoms. The third kappa shape index (κ3) is 2.81. The van der Waals surface area contributed by atoms with Gasteiger partial charge in [-0.05, 0) is 6.26 Å². The lowest BCUT2D eigenvalue weighted by molar-refractivity contribution is 0.0948. The van der Waals surface area contributed by atoms with Crippen LogP contribution in [-0.2, 0) is 13.0 Å². The Morgan fingerprint density at radius 2 is 2.47 bits per heavy atom. The summed E-state index contributed by atoms with van der Waals surface area (Å²) in [4.78, 5) is 12.0. The molecule has 17 heavy (non-hydrogen) atoms. The number of carbonyl (C=O) groups excluding carboxylic acids is 1. The number of carbonyl (C=O) groups is 1. The van der Waals surface area contributed by atoms with Gasteiger partial charge in [0, 0.05) is 42.6 Å². The molecule has 0 saturated heterocycles. The van der Waals surface area contributed by atoms with Crippen LogP contribution in [0.25, 0.3) is 0 Å². The van der Waals surface area contributed by atoms with Crippen LogP contribution in [0.3, 0.4) is 0 Å². The van der Waals surface area contributed by atoms with Gasteiger partial charge in [0.2, 0.25) is 0 Å². The van der Waals surface area contributed by atoms with Crippen molar-refractivity contribution in [3.05, 3.63) is 17.0 Å². The number of aromatic amines is 1. The van der Waals surface area contributed by atoms with Crippen molar-refractivity contribution >= 4 is 17.7 Å². The minimum absolute atomic E-state index is 0.0768. The van der Waals surface area contributed by atoms with Crippen molar-refractivity contribution in [3.8, 4) is 0 Å². The molecule has 2 rings (SSSR count). The van der Waals surface area contributed by atoms with E-state index in [9.17, 15) is 4.79 Å². The molecule has 0 aromatic carbocycles. The Bertz CT molecular complexity index is 404. The highest BCUT2D eigenvalue weighted by Crippen LogP contribution is 2.15. The first kappa shape index (κ1) is 12.4. The first-order valence-electron chi connectivity index (χ1n) is 5.80. The topological polar surface area (TPSA) is 69.8 Å². The van der Waals surface area contributed by atoms with Gasteiger partial charge in [-0.1, -0.05) is 6.92 Å². The van der Waals surface area contributed by atoms with Crippen LogP contribution in [0.2, 0.25) is 0 Å². The van der Waals surface area contributed by atoms with Gasteiger partial charge in [0.05, 0.1) is 0 Å². The van der Waals surface area contributed by atoms with Gasteiger partial charge in [0.25, 0.3) is 5.91 Å². The third-order valence-corrected chi connectivity index (χ3v) is 3.95. The molecule has 1 unspecified atom stereocenters. The van der Waals surface area contributed by atoms with Crippen molar-refractivity contribution in [2.45, 2.75) is 25.1 Å². The van der Waals surface area contributed by atoms with E-state index in [0.717, 1.165) is 30.8 Å². The van der Waals surface area contributed by atoms with E-state index < -0.39 is 0 Å². The normalized spacial score (nSPS) is 16.4. The van der Waals surface area contributed by atoms with Gasteiger partial charge in [-0.2, -0.15) is 16.9 Å². The summed E-state index contributed by atoms with van der Waals surface area (Å²) in [7, 11) is 0. The molecule has 1 aliphatic rings. The maximum atomic E-state index is 12.0. The molecule has 5 nitrogen and oxygen atoms in total. The number of rotatable bonds is 4. The molecule has 1 aliphatic heterocycles. The van der Waals surface area contributed by atoms with E-state index in [-0.39, 0.29) is 5.91 Å². The summed E-state index contributed by atoms with van der Waals surface area (Å²) in [5, 5.41) is 13.7. The lowest BCUT2D eigenvalue weighted by Crippen LogP contribution is -2.31. The molecule has 0 spiro atoms. The van der Waals surface area contributed by atoms with Crippen LogP contribution in [0, 0.1) is 0 Å². The lowest BCUT2D eigenvalue weighted by Gasteiger charge is -2.13. The van der Waals surface area contributed by atoms with Crippen molar-refractivity contribution in [1.82, 2.24) is 20.8 Å². The highest BCUT2D eigenvalue weighted by Gasteiger charge is 2.21. The molecule has 1 aromatic rings. The van der Waals surface area contributed by atoms with E-state index in [4.69, 9.17) is 0 Å². The first-order chi connectivity index (χ1) is 8.22. The fourth-order valence-corrected chi connectivity index (χ4v) is 2.07. The lowest BCUT2D eigenvalue weighted by atomic mass is 10.1. The van der Waals surface area contributed by atoms with Crippen LogP contribution >= 0.6 is 11.8 Å². The molecule has 2 heterocycles. The molecule has 94 valence electrons. The van der Waals surface area contributed by atoms with Crippen molar-refractivity contribution in [2.24, 2.45) is 0 Å². The maximum Gasteiger partial charge on any atom is 0.272 e. The Kier molecular flexibility index (Phi) is 4.06.